The number of nitrogens with zero attached hydrogens (tertiary/aromatic N) is 1. The molecule has 1 heterocycles. The van der Waals surface area contributed by atoms with Gasteiger partial charge in [-0.15, -0.1) is 0 Å². The number of fused-ring (bicyclic) bond motifs is 1. The number of hydrogen-bond donors (Lipinski definition) is 1. The molecule has 0 amide bonds. The first kappa shape index (κ1) is 12.0. The van der Waals surface area contributed by atoms with Crippen molar-refractivity contribution in [3.63, 3.8) is 0 Å². The summed E-state index contributed by atoms with van der Waals surface area (Å²) in [5.74, 6) is 0.740. The second kappa shape index (κ2) is 4.41. The molecule has 90 valence electrons. The van der Waals surface area contributed by atoms with Crippen LogP contribution in [0.2, 0.25) is 5.02 Å². The van der Waals surface area contributed by atoms with Gasteiger partial charge < -0.3 is 10.1 Å². The monoisotopic (exact) mass is 250 g/mol. The van der Waals surface area contributed by atoms with Crippen LogP contribution >= 0.6 is 11.6 Å². The molecule has 2 rings (SSSR count). The van der Waals surface area contributed by atoms with Crippen LogP contribution in [-0.4, -0.2) is 19.1 Å². The lowest BCUT2D eigenvalue weighted by molar-refractivity contribution is 0.419. The molecular weight excluding hydrogens is 236 g/mol. The number of benzene rings is 1. The van der Waals surface area contributed by atoms with Gasteiger partial charge in [0.05, 0.1) is 12.1 Å². The Morgan fingerprint density at radius 2 is 2.00 bits per heavy atom. The summed E-state index contributed by atoms with van der Waals surface area (Å²) in [5.41, 5.74) is 3.89. The van der Waals surface area contributed by atoms with Gasteiger partial charge in [0.2, 0.25) is 0 Å². The van der Waals surface area contributed by atoms with Crippen LogP contribution < -0.4 is 10.1 Å². The first-order chi connectivity index (χ1) is 8.10. The third kappa shape index (κ3) is 1.80. The van der Waals surface area contributed by atoms with Gasteiger partial charge in [-0.3, -0.25) is 0 Å². The summed E-state index contributed by atoms with van der Waals surface area (Å²) in [6, 6.07) is 3.67. The van der Waals surface area contributed by atoms with Gasteiger partial charge in [-0.25, -0.2) is 4.98 Å². The van der Waals surface area contributed by atoms with E-state index in [1.807, 2.05) is 33.0 Å². The molecule has 1 N–H and O–H groups in total. The van der Waals surface area contributed by atoms with Crippen LogP contribution in [0.1, 0.15) is 11.3 Å². The predicted molar refractivity (Wildman–Crippen MR) is 72.3 cm³/mol. The average molecular weight is 251 g/mol. The molecule has 0 unspecified atom stereocenters. The zero-order valence-electron chi connectivity index (χ0n) is 10.4. The standard InChI is InChI=1S/C13H15ClN2O/c1-7-8(2)16-13-10(17-4)6-5-9(14)11(13)12(7)15-3/h5-6H,1-4H3,(H,15,16). The molecule has 0 aliphatic heterocycles. The lowest BCUT2D eigenvalue weighted by atomic mass is 10.1. The molecule has 0 saturated carbocycles. The molecule has 0 fully saturated rings. The molecule has 1 aromatic carbocycles. The lowest BCUT2D eigenvalue weighted by Crippen LogP contribution is -2.00. The minimum absolute atomic E-state index is 0.681. The number of ether oxygens (including phenoxy) is 1. The Morgan fingerprint density at radius 3 is 2.59 bits per heavy atom. The fraction of sp³-hybridized carbons (Fsp3) is 0.308. The van der Waals surface area contributed by atoms with E-state index in [1.54, 1.807) is 7.11 Å². The van der Waals surface area contributed by atoms with Crippen molar-refractivity contribution in [2.45, 2.75) is 13.8 Å². The number of methoxy groups -OCH3 is 1. The summed E-state index contributed by atoms with van der Waals surface area (Å²) in [4.78, 5) is 4.57. The number of aromatic nitrogens is 1. The lowest BCUT2D eigenvalue weighted by Gasteiger charge is -2.15. The fourth-order valence-corrected chi connectivity index (χ4v) is 2.24. The van der Waals surface area contributed by atoms with Crippen molar-refractivity contribution in [3.8, 4) is 5.75 Å². The van der Waals surface area contributed by atoms with Crippen molar-refractivity contribution in [2.75, 3.05) is 19.5 Å². The molecule has 1 aromatic heterocycles. The normalized spacial score (nSPS) is 10.6. The molecule has 0 bridgehead atoms. The Hall–Kier alpha value is -1.48. The highest BCUT2D eigenvalue weighted by atomic mass is 35.5. The second-order valence-corrected chi connectivity index (χ2v) is 4.33. The number of aryl methyl sites for hydroxylation is 1. The molecule has 0 aliphatic rings. The number of hydrogen-bond acceptors (Lipinski definition) is 3. The van der Waals surface area contributed by atoms with E-state index in [4.69, 9.17) is 16.3 Å². The van der Waals surface area contributed by atoms with Crippen molar-refractivity contribution in [3.05, 3.63) is 28.4 Å². The third-order valence-corrected chi connectivity index (χ3v) is 3.32. The summed E-state index contributed by atoms with van der Waals surface area (Å²) >= 11 is 6.26. The topological polar surface area (TPSA) is 34.2 Å². The maximum atomic E-state index is 6.26. The smallest absolute Gasteiger partial charge is 0.145 e. The van der Waals surface area contributed by atoms with Gasteiger partial charge in [-0.05, 0) is 31.5 Å². The van der Waals surface area contributed by atoms with Crippen LogP contribution in [0.5, 0.6) is 5.75 Å². The zero-order chi connectivity index (χ0) is 12.6. The Balaban J connectivity index is 2.98. The third-order valence-electron chi connectivity index (χ3n) is 3.01. The predicted octanol–water partition coefficient (Wildman–Crippen LogP) is 3.56. The molecule has 2 aromatic rings. The SMILES string of the molecule is CNc1c(C)c(C)nc2c(OC)ccc(Cl)c12. The van der Waals surface area contributed by atoms with Crippen LogP contribution in [0, 0.1) is 13.8 Å². The number of rotatable bonds is 2. The van der Waals surface area contributed by atoms with Gasteiger partial charge in [0, 0.05) is 23.8 Å². The largest absolute Gasteiger partial charge is 0.494 e. The van der Waals surface area contributed by atoms with Crippen LogP contribution in [0.15, 0.2) is 12.1 Å². The Morgan fingerprint density at radius 1 is 1.29 bits per heavy atom. The summed E-state index contributed by atoms with van der Waals surface area (Å²) in [7, 11) is 3.52. The number of halogens is 1. The molecular formula is C13H15ClN2O. The molecule has 0 aliphatic carbocycles. The van der Waals surface area contributed by atoms with Gasteiger partial charge in [-0.1, -0.05) is 11.6 Å². The van der Waals surface area contributed by atoms with Crippen LogP contribution in [0.3, 0.4) is 0 Å². The maximum Gasteiger partial charge on any atom is 0.145 e. The average Bonchev–Trinajstić information content (AvgIpc) is 2.32. The van der Waals surface area contributed by atoms with E-state index in [0.29, 0.717) is 5.02 Å². The maximum absolute atomic E-state index is 6.26. The van der Waals surface area contributed by atoms with Crippen molar-refractivity contribution in [1.29, 1.82) is 0 Å². The summed E-state index contributed by atoms with van der Waals surface area (Å²) in [5, 5.41) is 4.79. The van der Waals surface area contributed by atoms with E-state index >= 15 is 0 Å². The van der Waals surface area contributed by atoms with Crippen molar-refractivity contribution < 1.29 is 4.74 Å². The fourth-order valence-electron chi connectivity index (χ4n) is 1.99. The molecule has 0 radical (unpaired) electrons. The molecule has 0 spiro atoms. The van der Waals surface area contributed by atoms with Crippen LogP contribution in [0.25, 0.3) is 10.9 Å². The highest BCUT2D eigenvalue weighted by molar-refractivity contribution is 6.36. The number of nitrogens with one attached hydrogen (secondary N) is 1. The van der Waals surface area contributed by atoms with E-state index in [-0.39, 0.29) is 0 Å². The van der Waals surface area contributed by atoms with Crippen molar-refractivity contribution in [2.24, 2.45) is 0 Å². The van der Waals surface area contributed by atoms with Crippen molar-refractivity contribution >= 4 is 28.2 Å². The van der Waals surface area contributed by atoms with E-state index in [9.17, 15) is 0 Å². The highest BCUT2D eigenvalue weighted by Crippen LogP contribution is 2.37. The quantitative estimate of drug-likeness (QED) is 0.885. The summed E-state index contributed by atoms with van der Waals surface area (Å²) in [6.45, 7) is 4.01. The Kier molecular flexibility index (Phi) is 3.11. The summed E-state index contributed by atoms with van der Waals surface area (Å²) in [6.07, 6.45) is 0. The zero-order valence-corrected chi connectivity index (χ0v) is 11.1. The molecule has 0 atom stereocenters. The van der Waals surface area contributed by atoms with Gasteiger partial charge in [0.1, 0.15) is 11.3 Å². The van der Waals surface area contributed by atoms with E-state index in [1.165, 1.54) is 0 Å². The Labute approximate surface area is 106 Å². The van der Waals surface area contributed by atoms with E-state index in [2.05, 4.69) is 10.3 Å². The van der Waals surface area contributed by atoms with Gasteiger partial charge in [-0.2, -0.15) is 0 Å². The van der Waals surface area contributed by atoms with E-state index < -0.39 is 0 Å². The van der Waals surface area contributed by atoms with Gasteiger partial charge in [0.25, 0.3) is 0 Å². The minimum Gasteiger partial charge on any atom is -0.494 e. The number of anilines is 1. The first-order valence-corrected chi connectivity index (χ1v) is 5.79. The first-order valence-electron chi connectivity index (χ1n) is 5.41. The number of pyridine rings is 1. The molecule has 17 heavy (non-hydrogen) atoms. The highest BCUT2D eigenvalue weighted by Gasteiger charge is 2.14. The van der Waals surface area contributed by atoms with Gasteiger partial charge in [0.15, 0.2) is 0 Å². The second-order valence-electron chi connectivity index (χ2n) is 3.92. The van der Waals surface area contributed by atoms with Gasteiger partial charge >= 0.3 is 0 Å². The Bertz CT molecular complexity index is 581. The van der Waals surface area contributed by atoms with Crippen LogP contribution in [0.4, 0.5) is 5.69 Å². The summed E-state index contributed by atoms with van der Waals surface area (Å²) < 4.78 is 5.33. The molecule has 4 heteroatoms. The molecule has 3 nitrogen and oxygen atoms in total. The van der Waals surface area contributed by atoms with Crippen molar-refractivity contribution in [1.82, 2.24) is 4.98 Å². The molecule has 0 saturated heterocycles. The van der Waals surface area contributed by atoms with Crippen LogP contribution in [-0.2, 0) is 0 Å². The minimum atomic E-state index is 0.681. The van der Waals surface area contributed by atoms with E-state index in [0.717, 1.165) is 33.6 Å².